The zero-order chi connectivity index (χ0) is 31.0. The maximum atomic E-state index is 15.3. The maximum Gasteiger partial charge on any atom is 0.161 e. The van der Waals surface area contributed by atoms with E-state index in [-0.39, 0.29) is 0 Å². The summed E-state index contributed by atoms with van der Waals surface area (Å²) in [6.07, 6.45) is 11.0. The third-order valence-electron chi connectivity index (χ3n) is 9.67. The highest BCUT2D eigenvalue weighted by molar-refractivity contribution is 5.86. The molecule has 1 atom stereocenters. The molecule has 0 aromatic heterocycles. The first-order valence-electron chi connectivity index (χ1n) is 15.8. The van der Waals surface area contributed by atoms with Crippen molar-refractivity contribution in [1.29, 1.82) is 0 Å². The average molecular weight is 591 g/mol. The van der Waals surface area contributed by atoms with Crippen LogP contribution in [0.25, 0.3) is 17.2 Å². The molecule has 0 bridgehead atoms. The highest BCUT2D eigenvalue weighted by Gasteiger charge is 2.47. The van der Waals surface area contributed by atoms with Crippen molar-refractivity contribution in [3.05, 3.63) is 195 Å². The SMILES string of the molecule is C=Cc1ccc(CCC2=CC=C(C3(c4cc(C)c(F)c(F)c4)c4ccccc4-c4ccc(Cc5ccccc5)cc43)CC2)cc1. The number of allylic oxidation sites excluding steroid dienone is 4. The smallest absolute Gasteiger partial charge is 0.161 e. The second-order valence-electron chi connectivity index (χ2n) is 12.4. The van der Waals surface area contributed by atoms with Crippen LogP contribution in [-0.4, -0.2) is 0 Å². The zero-order valence-corrected chi connectivity index (χ0v) is 25.6. The Balaban J connectivity index is 1.36. The van der Waals surface area contributed by atoms with Crippen molar-refractivity contribution >= 4 is 6.08 Å². The van der Waals surface area contributed by atoms with E-state index >= 15 is 4.39 Å². The largest absolute Gasteiger partial charge is 0.204 e. The van der Waals surface area contributed by atoms with Gasteiger partial charge >= 0.3 is 0 Å². The predicted molar refractivity (Wildman–Crippen MR) is 182 cm³/mol. The maximum absolute atomic E-state index is 15.3. The van der Waals surface area contributed by atoms with E-state index in [0.29, 0.717) is 5.56 Å². The lowest BCUT2D eigenvalue weighted by Crippen LogP contribution is -2.31. The predicted octanol–water partition coefficient (Wildman–Crippen LogP) is 11.1. The number of hydrogen-bond acceptors (Lipinski definition) is 0. The Hall–Kier alpha value is -4.82. The number of halogens is 2. The van der Waals surface area contributed by atoms with E-state index < -0.39 is 17.0 Å². The number of rotatable bonds is 8. The van der Waals surface area contributed by atoms with Crippen LogP contribution < -0.4 is 0 Å². The van der Waals surface area contributed by atoms with E-state index in [4.69, 9.17) is 0 Å². The summed E-state index contributed by atoms with van der Waals surface area (Å²) in [7, 11) is 0. The molecule has 0 nitrogen and oxygen atoms in total. The minimum atomic E-state index is -0.800. The van der Waals surface area contributed by atoms with Gasteiger partial charge in [-0.3, -0.25) is 0 Å². The highest BCUT2D eigenvalue weighted by atomic mass is 19.2. The number of aryl methyl sites for hydroxylation is 2. The molecule has 0 radical (unpaired) electrons. The van der Waals surface area contributed by atoms with Crippen LogP contribution in [0.5, 0.6) is 0 Å². The highest BCUT2D eigenvalue weighted by Crippen LogP contribution is 2.58. The summed E-state index contributed by atoms with van der Waals surface area (Å²) in [5.41, 5.74) is 12.5. The average Bonchev–Trinajstić information content (AvgIpc) is 3.37. The molecule has 2 aliphatic rings. The lowest BCUT2D eigenvalue weighted by atomic mass is 9.64. The number of hydrogen-bond donors (Lipinski definition) is 0. The summed E-state index contributed by atoms with van der Waals surface area (Å²) in [5, 5.41) is 0. The Labute approximate surface area is 265 Å². The molecule has 0 spiro atoms. The molecule has 222 valence electrons. The van der Waals surface area contributed by atoms with Crippen LogP contribution in [-0.2, 0) is 18.3 Å². The molecule has 45 heavy (non-hydrogen) atoms. The van der Waals surface area contributed by atoms with Crippen molar-refractivity contribution in [3.8, 4) is 11.1 Å². The van der Waals surface area contributed by atoms with Gasteiger partial charge in [0.25, 0.3) is 0 Å². The summed E-state index contributed by atoms with van der Waals surface area (Å²) in [4.78, 5) is 0. The Bertz CT molecular complexity index is 1940. The first kappa shape index (κ1) is 28.9. The monoisotopic (exact) mass is 590 g/mol. The molecule has 5 aromatic rings. The standard InChI is InChI=1S/C43H36F2/c1-3-30-13-15-31(16-14-30)17-18-32-19-22-35(23-20-32)43(36-25-29(2)42(45)41(44)28-36)39-12-8-7-11-37(39)38-24-21-34(27-40(38)43)26-33-9-5-4-6-10-33/h3-16,19,21-22,24-25,27-28H,1,17-18,20,23,26H2,2H3. The second kappa shape index (κ2) is 11.9. The van der Waals surface area contributed by atoms with Gasteiger partial charge in [0.05, 0.1) is 5.41 Å². The van der Waals surface area contributed by atoms with Gasteiger partial charge in [-0.05, 0) is 101 Å². The molecule has 1 unspecified atom stereocenters. The summed E-state index contributed by atoms with van der Waals surface area (Å²) in [6, 6.07) is 37.6. The summed E-state index contributed by atoms with van der Waals surface area (Å²) in [5.74, 6) is -1.58. The minimum absolute atomic E-state index is 0.325. The number of fused-ring (bicyclic) bond motifs is 3. The molecule has 5 aromatic carbocycles. The quantitative estimate of drug-likeness (QED) is 0.169. The second-order valence-corrected chi connectivity index (χ2v) is 12.4. The lowest BCUT2D eigenvalue weighted by molar-refractivity contribution is 0.498. The lowest BCUT2D eigenvalue weighted by Gasteiger charge is -2.37. The van der Waals surface area contributed by atoms with Crippen LogP contribution in [0.15, 0.2) is 139 Å². The molecular weight excluding hydrogens is 554 g/mol. The molecule has 2 heteroatoms. The fourth-order valence-electron chi connectivity index (χ4n) is 7.38. The van der Waals surface area contributed by atoms with Gasteiger partial charge in [-0.15, -0.1) is 0 Å². The normalized spacial score (nSPS) is 16.9. The van der Waals surface area contributed by atoms with Gasteiger partial charge in [0.2, 0.25) is 0 Å². The van der Waals surface area contributed by atoms with E-state index in [0.717, 1.165) is 65.5 Å². The minimum Gasteiger partial charge on any atom is -0.204 e. The first-order chi connectivity index (χ1) is 22.0. The third kappa shape index (κ3) is 5.19. The van der Waals surface area contributed by atoms with Crippen LogP contribution in [0.4, 0.5) is 8.78 Å². The Morgan fingerprint density at radius 3 is 2.16 bits per heavy atom. The molecule has 0 amide bonds. The number of benzene rings is 5. The van der Waals surface area contributed by atoms with E-state index in [1.54, 1.807) is 6.92 Å². The van der Waals surface area contributed by atoms with E-state index in [9.17, 15) is 4.39 Å². The van der Waals surface area contributed by atoms with Gasteiger partial charge < -0.3 is 0 Å². The third-order valence-corrected chi connectivity index (χ3v) is 9.67. The van der Waals surface area contributed by atoms with Gasteiger partial charge in [-0.2, -0.15) is 0 Å². The van der Waals surface area contributed by atoms with Crippen molar-refractivity contribution in [1.82, 2.24) is 0 Å². The molecule has 0 heterocycles. The molecule has 7 rings (SSSR count). The van der Waals surface area contributed by atoms with Gasteiger partial charge in [-0.1, -0.05) is 139 Å². The fraction of sp³-hybridized carbons (Fsp3) is 0.163. The van der Waals surface area contributed by atoms with E-state index in [2.05, 4.69) is 110 Å². The van der Waals surface area contributed by atoms with Crippen molar-refractivity contribution < 1.29 is 8.78 Å². The van der Waals surface area contributed by atoms with Crippen LogP contribution in [0.2, 0.25) is 0 Å². The fourth-order valence-corrected chi connectivity index (χ4v) is 7.38. The summed E-state index contributed by atoms with van der Waals surface area (Å²) in [6.45, 7) is 5.52. The van der Waals surface area contributed by atoms with Crippen molar-refractivity contribution in [2.45, 2.75) is 44.4 Å². The Morgan fingerprint density at radius 1 is 0.689 bits per heavy atom. The molecular formula is C43H36F2. The van der Waals surface area contributed by atoms with E-state index in [1.165, 1.54) is 33.9 Å². The Kier molecular flexibility index (Phi) is 7.67. The van der Waals surface area contributed by atoms with E-state index in [1.807, 2.05) is 18.2 Å². The topological polar surface area (TPSA) is 0 Å². The molecule has 0 fully saturated rings. The summed E-state index contributed by atoms with van der Waals surface area (Å²) >= 11 is 0. The van der Waals surface area contributed by atoms with Gasteiger partial charge in [0.1, 0.15) is 0 Å². The molecule has 2 aliphatic carbocycles. The van der Waals surface area contributed by atoms with Crippen LogP contribution in [0, 0.1) is 18.6 Å². The van der Waals surface area contributed by atoms with Crippen LogP contribution in [0.1, 0.15) is 63.8 Å². The van der Waals surface area contributed by atoms with Gasteiger partial charge in [0, 0.05) is 0 Å². The van der Waals surface area contributed by atoms with Gasteiger partial charge in [0.15, 0.2) is 11.6 Å². The molecule has 0 saturated heterocycles. The molecule has 0 N–H and O–H groups in total. The van der Waals surface area contributed by atoms with Crippen molar-refractivity contribution in [3.63, 3.8) is 0 Å². The Morgan fingerprint density at radius 2 is 1.42 bits per heavy atom. The zero-order valence-electron chi connectivity index (χ0n) is 25.6. The van der Waals surface area contributed by atoms with Crippen molar-refractivity contribution in [2.24, 2.45) is 0 Å². The molecule has 0 saturated carbocycles. The van der Waals surface area contributed by atoms with Crippen LogP contribution >= 0.6 is 0 Å². The van der Waals surface area contributed by atoms with Crippen LogP contribution in [0.3, 0.4) is 0 Å². The molecule has 0 aliphatic heterocycles. The van der Waals surface area contributed by atoms with Gasteiger partial charge in [-0.25, -0.2) is 8.78 Å². The first-order valence-corrected chi connectivity index (χ1v) is 15.8. The van der Waals surface area contributed by atoms with Crippen molar-refractivity contribution in [2.75, 3.05) is 0 Å². The summed E-state index contributed by atoms with van der Waals surface area (Å²) < 4.78 is 30.1.